The third-order valence-corrected chi connectivity index (χ3v) is 5.21. The first-order valence-electron chi connectivity index (χ1n) is 7.99. The number of aliphatic carboxylic acids is 1. The van der Waals surface area contributed by atoms with Crippen LogP contribution < -0.4 is 5.32 Å². The van der Waals surface area contributed by atoms with Crippen LogP contribution in [0.1, 0.15) is 47.5 Å². The Labute approximate surface area is 144 Å². The second-order valence-electron chi connectivity index (χ2n) is 5.61. The standard InChI is InChI=1S/C17H21NO5S/c1-3-10-5-6-11-12(9-10)24-16(15(11)17(22)23-4-2)18-13(19)7-8-14(20)21/h7-8,10H,3-6,9H2,1-2H3,(H,18,19)(H,20,21)/b8-7-/t10-/m0/s1. The van der Waals surface area contributed by atoms with E-state index in [0.29, 0.717) is 16.5 Å². The van der Waals surface area contributed by atoms with Crippen LogP contribution in [0.3, 0.4) is 0 Å². The Balaban J connectivity index is 2.32. The summed E-state index contributed by atoms with van der Waals surface area (Å²) in [6.45, 7) is 4.14. The lowest BCUT2D eigenvalue weighted by atomic mass is 9.85. The topological polar surface area (TPSA) is 92.7 Å². The molecule has 0 aromatic carbocycles. The summed E-state index contributed by atoms with van der Waals surface area (Å²) < 4.78 is 5.13. The van der Waals surface area contributed by atoms with Crippen molar-refractivity contribution in [3.8, 4) is 0 Å². The van der Waals surface area contributed by atoms with Crippen LogP contribution in [0.25, 0.3) is 0 Å². The third-order valence-electron chi connectivity index (χ3n) is 4.04. The highest BCUT2D eigenvalue weighted by Crippen LogP contribution is 2.40. The molecule has 2 N–H and O–H groups in total. The molecule has 0 bridgehead atoms. The summed E-state index contributed by atoms with van der Waals surface area (Å²) in [5, 5.41) is 11.7. The van der Waals surface area contributed by atoms with Crippen molar-refractivity contribution in [2.75, 3.05) is 11.9 Å². The van der Waals surface area contributed by atoms with E-state index in [0.717, 1.165) is 48.3 Å². The van der Waals surface area contributed by atoms with Crippen molar-refractivity contribution in [2.45, 2.75) is 39.5 Å². The molecule has 1 aliphatic rings. The molecule has 1 atom stereocenters. The summed E-state index contributed by atoms with van der Waals surface area (Å²) in [6, 6.07) is 0. The molecule has 0 radical (unpaired) electrons. The van der Waals surface area contributed by atoms with Gasteiger partial charge in [-0.2, -0.15) is 0 Å². The zero-order valence-electron chi connectivity index (χ0n) is 13.8. The number of carbonyl (C=O) groups excluding carboxylic acids is 2. The molecular weight excluding hydrogens is 330 g/mol. The highest BCUT2D eigenvalue weighted by atomic mass is 32.1. The summed E-state index contributed by atoms with van der Waals surface area (Å²) in [4.78, 5) is 35.8. The minimum Gasteiger partial charge on any atom is -0.478 e. The normalized spacial score (nSPS) is 16.7. The van der Waals surface area contributed by atoms with E-state index in [9.17, 15) is 14.4 Å². The van der Waals surface area contributed by atoms with Crippen LogP contribution in [0.5, 0.6) is 0 Å². The number of carboxylic acid groups (broad SMARTS) is 1. The van der Waals surface area contributed by atoms with Crippen molar-refractivity contribution in [3.63, 3.8) is 0 Å². The minimum absolute atomic E-state index is 0.257. The fourth-order valence-electron chi connectivity index (χ4n) is 2.81. The lowest BCUT2D eigenvalue weighted by molar-refractivity contribution is -0.131. The first-order valence-corrected chi connectivity index (χ1v) is 8.81. The number of carbonyl (C=O) groups is 3. The molecule has 0 unspecified atom stereocenters. The van der Waals surface area contributed by atoms with E-state index in [1.165, 1.54) is 11.3 Å². The maximum Gasteiger partial charge on any atom is 0.341 e. The molecule has 24 heavy (non-hydrogen) atoms. The monoisotopic (exact) mass is 351 g/mol. The lowest BCUT2D eigenvalue weighted by Gasteiger charge is -2.20. The van der Waals surface area contributed by atoms with Crippen molar-refractivity contribution >= 4 is 34.2 Å². The molecule has 1 aromatic heterocycles. The number of anilines is 1. The van der Waals surface area contributed by atoms with Gasteiger partial charge in [0.05, 0.1) is 12.2 Å². The maximum atomic E-state index is 12.3. The smallest absolute Gasteiger partial charge is 0.341 e. The van der Waals surface area contributed by atoms with Gasteiger partial charge >= 0.3 is 11.9 Å². The fourth-order valence-corrected chi connectivity index (χ4v) is 4.16. The van der Waals surface area contributed by atoms with Crippen LogP contribution in [0.2, 0.25) is 0 Å². The first kappa shape index (κ1) is 18.2. The number of amides is 1. The number of fused-ring (bicyclic) bond motifs is 1. The van der Waals surface area contributed by atoms with Gasteiger partial charge < -0.3 is 15.2 Å². The molecule has 1 heterocycles. The molecule has 2 rings (SSSR count). The Kier molecular flexibility index (Phi) is 6.14. The van der Waals surface area contributed by atoms with Crippen LogP contribution in [-0.2, 0) is 27.2 Å². The van der Waals surface area contributed by atoms with E-state index in [2.05, 4.69) is 12.2 Å². The lowest BCUT2D eigenvalue weighted by Crippen LogP contribution is -2.16. The summed E-state index contributed by atoms with van der Waals surface area (Å²) in [7, 11) is 0. The number of nitrogens with one attached hydrogen (secondary N) is 1. The first-order chi connectivity index (χ1) is 11.5. The SMILES string of the molecule is CCOC(=O)c1c(NC(=O)/C=C\C(=O)O)sc2c1CC[C@H](CC)C2. The van der Waals surface area contributed by atoms with E-state index in [1.54, 1.807) is 6.92 Å². The number of ether oxygens (including phenoxy) is 1. The molecular formula is C17H21NO5S. The number of thiophene rings is 1. The summed E-state index contributed by atoms with van der Waals surface area (Å²) in [5.41, 5.74) is 1.38. The molecule has 0 aliphatic heterocycles. The molecule has 0 fully saturated rings. The maximum absolute atomic E-state index is 12.3. The van der Waals surface area contributed by atoms with Crippen LogP contribution >= 0.6 is 11.3 Å². The van der Waals surface area contributed by atoms with Crippen LogP contribution in [-0.4, -0.2) is 29.6 Å². The highest BCUT2D eigenvalue weighted by Gasteiger charge is 2.29. The third kappa shape index (κ3) is 4.23. The highest BCUT2D eigenvalue weighted by molar-refractivity contribution is 7.17. The van der Waals surface area contributed by atoms with Crippen LogP contribution in [0.4, 0.5) is 5.00 Å². The fraction of sp³-hybridized carbons (Fsp3) is 0.471. The number of hydrogen-bond donors (Lipinski definition) is 2. The largest absolute Gasteiger partial charge is 0.478 e. The van der Waals surface area contributed by atoms with Gasteiger partial charge in [0.1, 0.15) is 5.00 Å². The average molecular weight is 351 g/mol. The Morgan fingerprint density at radius 1 is 1.33 bits per heavy atom. The number of rotatable bonds is 6. The Hall–Kier alpha value is -2.15. The van der Waals surface area contributed by atoms with E-state index in [1.807, 2.05) is 0 Å². The van der Waals surface area contributed by atoms with E-state index in [-0.39, 0.29) is 6.61 Å². The van der Waals surface area contributed by atoms with Crippen molar-refractivity contribution < 1.29 is 24.2 Å². The molecule has 0 spiro atoms. The van der Waals surface area contributed by atoms with Gasteiger partial charge in [0.25, 0.3) is 0 Å². The Morgan fingerprint density at radius 3 is 2.71 bits per heavy atom. The van der Waals surface area contributed by atoms with Crippen LogP contribution in [0, 0.1) is 5.92 Å². The zero-order valence-corrected chi connectivity index (χ0v) is 14.6. The molecule has 1 amide bonds. The van der Waals surface area contributed by atoms with Gasteiger partial charge in [-0.25, -0.2) is 9.59 Å². The molecule has 6 nitrogen and oxygen atoms in total. The Morgan fingerprint density at radius 2 is 2.08 bits per heavy atom. The van der Waals surface area contributed by atoms with Crippen molar-refractivity contribution in [2.24, 2.45) is 5.92 Å². The average Bonchev–Trinajstić information content (AvgIpc) is 2.89. The molecule has 0 saturated heterocycles. The van der Waals surface area contributed by atoms with Gasteiger partial charge in [0.15, 0.2) is 0 Å². The van der Waals surface area contributed by atoms with E-state index >= 15 is 0 Å². The van der Waals surface area contributed by atoms with E-state index < -0.39 is 17.8 Å². The number of esters is 1. The second-order valence-corrected chi connectivity index (χ2v) is 6.71. The van der Waals surface area contributed by atoms with Gasteiger partial charge in [0, 0.05) is 17.0 Å². The summed E-state index contributed by atoms with van der Waals surface area (Å²) >= 11 is 1.38. The summed E-state index contributed by atoms with van der Waals surface area (Å²) in [6.07, 6.45) is 5.47. The molecule has 7 heteroatoms. The molecule has 130 valence electrons. The molecule has 1 aliphatic carbocycles. The van der Waals surface area contributed by atoms with Crippen LogP contribution in [0.15, 0.2) is 12.2 Å². The van der Waals surface area contributed by atoms with Gasteiger partial charge in [-0.1, -0.05) is 13.3 Å². The predicted octanol–water partition coefficient (Wildman–Crippen LogP) is 3.02. The van der Waals surface area contributed by atoms with Crippen molar-refractivity contribution in [3.05, 3.63) is 28.2 Å². The van der Waals surface area contributed by atoms with Gasteiger partial charge in [-0.05, 0) is 37.7 Å². The summed E-state index contributed by atoms with van der Waals surface area (Å²) in [5.74, 6) is -1.63. The quantitative estimate of drug-likeness (QED) is 0.607. The van der Waals surface area contributed by atoms with Crippen molar-refractivity contribution in [1.82, 2.24) is 0 Å². The number of carboxylic acids is 1. The predicted molar refractivity (Wildman–Crippen MR) is 91.5 cm³/mol. The van der Waals surface area contributed by atoms with E-state index in [4.69, 9.17) is 9.84 Å². The molecule has 0 saturated carbocycles. The van der Waals surface area contributed by atoms with Crippen molar-refractivity contribution in [1.29, 1.82) is 0 Å². The zero-order chi connectivity index (χ0) is 17.7. The van der Waals surface area contributed by atoms with Gasteiger partial charge in [0.2, 0.25) is 5.91 Å². The Bertz CT molecular complexity index is 677. The second kappa shape index (κ2) is 8.10. The van der Waals surface area contributed by atoms with Gasteiger partial charge in [-0.3, -0.25) is 4.79 Å². The minimum atomic E-state index is -1.20. The molecule has 1 aromatic rings. The van der Waals surface area contributed by atoms with Gasteiger partial charge in [-0.15, -0.1) is 11.3 Å². The number of hydrogen-bond acceptors (Lipinski definition) is 5.